The minimum absolute atomic E-state index is 0.0102. The molecule has 0 amide bonds. The third kappa shape index (κ3) is 4.33. The molecule has 2 aromatic rings. The van der Waals surface area contributed by atoms with Crippen LogP contribution in [0, 0.1) is 0 Å². The number of halogens is 3. The highest BCUT2D eigenvalue weighted by Crippen LogP contribution is 2.31. The fraction of sp³-hybridized carbons (Fsp3) is 0.267. The minimum Gasteiger partial charge on any atom is -0.279 e. The highest BCUT2D eigenvalue weighted by molar-refractivity contribution is 7.92. The van der Waals surface area contributed by atoms with Crippen LogP contribution in [0.4, 0.5) is 5.69 Å². The molecule has 1 aromatic carbocycles. The van der Waals surface area contributed by atoms with Crippen molar-refractivity contribution in [1.82, 2.24) is 9.29 Å². The molecule has 3 rings (SSSR count). The summed E-state index contributed by atoms with van der Waals surface area (Å²) < 4.78 is 54.2. The van der Waals surface area contributed by atoms with Gasteiger partial charge in [0.1, 0.15) is 14.9 Å². The van der Waals surface area contributed by atoms with Gasteiger partial charge in [-0.15, -0.1) is 0 Å². The van der Waals surface area contributed by atoms with Crippen LogP contribution in [0.3, 0.4) is 0 Å². The molecule has 0 saturated carbocycles. The number of aromatic nitrogens is 1. The summed E-state index contributed by atoms with van der Waals surface area (Å²) in [5.41, 5.74) is 0.0307. The van der Waals surface area contributed by atoms with E-state index in [1.807, 2.05) is 0 Å². The van der Waals surface area contributed by atoms with E-state index in [0.717, 1.165) is 12.8 Å². The number of hydrogen-bond donors (Lipinski definition) is 1. The lowest BCUT2D eigenvalue weighted by Gasteiger charge is -2.17. The molecule has 1 aromatic heterocycles. The number of anilines is 1. The molecule has 0 aliphatic carbocycles. The Morgan fingerprint density at radius 3 is 2.22 bits per heavy atom. The van der Waals surface area contributed by atoms with Gasteiger partial charge in [0.05, 0.1) is 10.7 Å². The molecule has 0 radical (unpaired) electrons. The molecule has 1 saturated heterocycles. The fourth-order valence-corrected chi connectivity index (χ4v) is 6.37. The lowest BCUT2D eigenvalue weighted by Crippen LogP contribution is -2.28. The van der Waals surface area contributed by atoms with Crippen molar-refractivity contribution in [3.05, 3.63) is 45.7 Å². The Balaban J connectivity index is 1.96. The molecule has 0 bridgehead atoms. The predicted molar refractivity (Wildman–Crippen MR) is 105 cm³/mol. The van der Waals surface area contributed by atoms with Crippen LogP contribution >= 0.6 is 34.8 Å². The maximum absolute atomic E-state index is 12.8. The molecule has 1 N–H and O–H groups in total. The van der Waals surface area contributed by atoms with Crippen molar-refractivity contribution in [3.8, 4) is 0 Å². The summed E-state index contributed by atoms with van der Waals surface area (Å²) in [7, 11) is -7.92. The number of pyridine rings is 1. The largest absolute Gasteiger partial charge is 0.279 e. The van der Waals surface area contributed by atoms with E-state index < -0.39 is 20.0 Å². The van der Waals surface area contributed by atoms with Gasteiger partial charge in [0.2, 0.25) is 10.0 Å². The minimum atomic E-state index is -4.11. The Labute approximate surface area is 172 Å². The second-order valence-electron chi connectivity index (χ2n) is 5.78. The van der Waals surface area contributed by atoms with Crippen molar-refractivity contribution in [3.63, 3.8) is 0 Å². The van der Waals surface area contributed by atoms with Crippen LogP contribution in [0.2, 0.25) is 15.3 Å². The standard InChI is InChI=1S/C15H14Cl3N3O4S2/c16-11-4-3-10(9-13(11)27(24,25)21-7-1-2-8-21)20-26(22,23)12-5-6-14(17)19-15(12)18/h3-6,9,20H,1-2,7-8H2. The number of sulfonamides is 2. The number of benzene rings is 1. The zero-order chi connectivity index (χ0) is 19.8. The molecule has 2 heterocycles. The van der Waals surface area contributed by atoms with Gasteiger partial charge in [-0.1, -0.05) is 34.8 Å². The first kappa shape index (κ1) is 20.6. The van der Waals surface area contributed by atoms with Crippen molar-refractivity contribution >= 4 is 60.5 Å². The van der Waals surface area contributed by atoms with Crippen LogP contribution in [-0.2, 0) is 20.0 Å². The molecular weight excluding hydrogens is 457 g/mol. The maximum atomic E-state index is 12.8. The smallest absolute Gasteiger partial charge is 0.264 e. The van der Waals surface area contributed by atoms with Gasteiger partial charge in [0.25, 0.3) is 10.0 Å². The SMILES string of the molecule is O=S(=O)(Nc1ccc(Cl)c(S(=O)(=O)N2CCCC2)c1)c1ccc(Cl)nc1Cl. The molecule has 0 atom stereocenters. The fourth-order valence-electron chi connectivity index (χ4n) is 2.64. The van der Waals surface area contributed by atoms with Gasteiger partial charge < -0.3 is 0 Å². The predicted octanol–water partition coefficient (Wildman–Crippen LogP) is 3.63. The Kier molecular flexibility index (Phi) is 5.90. The average molecular weight is 471 g/mol. The summed E-state index contributed by atoms with van der Waals surface area (Å²) in [5.74, 6) is 0. The molecule has 27 heavy (non-hydrogen) atoms. The van der Waals surface area contributed by atoms with Gasteiger partial charge in [-0.2, -0.15) is 4.31 Å². The van der Waals surface area contributed by atoms with Crippen LogP contribution in [0.1, 0.15) is 12.8 Å². The first-order valence-corrected chi connectivity index (χ1v) is 11.8. The van der Waals surface area contributed by atoms with Crippen LogP contribution in [0.5, 0.6) is 0 Å². The summed E-state index contributed by atoms with van der Waals surface area (Å²) in [4.78, 5) is 3.25. The van der Waals surface area contributed by atoms with Crippen LogP contribution in [0.15, 0.2) is 40.1 Å². The van der Waals surface area contributed by atoms with Gasteiger partial charge in [0.15, 0.2) is 5.15 Å². The summed E-state index contributed by atoms with van der Waals surface area (Å²) in [5, 5.41) is -0.241. The lowest BCUT2D eigenvalue weighted by atomic mass is 10.3. The highest BCUT2D eigenvalue weighted by atomic mass is 35.5. The molecule has 0 unspecified atom stereocenters. The normalized spacial score (nSPS) is 15.8. The molecule has 146 valence electrons. The zero-order valence-corrected chi connectivity index (χ0v) is 17.6. The Morgan fingerprint density at radius 1 is 0.926 bits per heavy atom. The Morgan fingerprint density at radius 2 is 1.59 bits per heavy atom. The molecule has 1 fully saturated rings. The van der Waals surface area contributed by atoms with Gasteiger partial charge in [0, 0.05) is 13.1 Å². The van der Waals surface area contributed by atoms with E-state index in [9.17, 15) is 16.8 Å². The Bertz CT molecular complexity index is 1090. The second kappa shape index (κ2) is 7.73. The van der Waals surface area contributed by atoms with E-state index in [0.29, 0.717) is 13.1 Å². The van der Waals surface area contributed by atoms with Gasteiger partial charge in [-0.25, -0.2) is 21.8 Å². The number of hydrogen-bond acceptors (Lipinski definition) is 5. The van der Waals surface area contributed by atoms with Crippen LogP contribution < -0.4 is 4.72 Å². The average Bonchev–Trinajstić information content (AvgIpc) is 3.11. The zero-order valence-electron chi connectivity index (χ0n) is 13.7. The van der Waals surface area contributed by atoms with E-state index in [4.69, 9.17) is 34.8 Å². The van der Waals surface area contributed by atoms with Crippen LogP contribution in [0.25, 0.3) is 0 Å². The van der Waals surface area contributed by atoms with Crippen LogP contribution in [-0.4, -0.2) is 39.2 Å². The number of nitrogens with one attached hydrogen (secondary N) is 1. The van der Waals surface area contributed by atoms with Gasteiger partial charge >= 0.3 is 0 Å². The van der Waals surface area contributed by atoms with Crippen molar-refractivity contribution in [2.45, 2.75) is 22.6 Å². The molecule has 12 heteroatoms. The van der Waals surface area contributed by atoms with Crippen molar-refractivity contribution in [1.29, 1.82) is 0 Å². The third-order valence-corrected chi connectivity index (χ3v) is 8.34. The van der Waals surface area contributed by atoms with E-state index >= 15 is 0 Å². The van der Waals surface area contributed by atoms with Crippen molar-refractivity contribution < 1.29 is 16.8 Å². The summed E-state index contributed by atoms with van der Waals surface area (Å²) in [6.45, 7) is 0.807. The summed E-state index contributed by atoms with van der Waals surface area (Å²) in [6.07, 6.45) is 1.54. The van der Waals surface area contributed by atoms with Gasteiger partial charge in [-0.05, 0) is 43.2 Å². The number of nitrogens with zero attached hydrogens (tertiary/aromatic N) is 2. The Hall–Kier alpha value is -1.10. The van der Waals surface area contributed by atoms with E-state index in [1.54, 1.807) is 0 Å². The third-order valence-electron chi connectivity index (χ3n) is 3.94. The second-order valence-corrected chi connectivity index (χ2v) is 10.5. The lowest BCUT2D eigenvalue weighted by molar-refractivity contribution is 0.477. The molecule has 1 aliphatic heterocycles. The van der Waals surface area contributed by atoms with E-state index in [2.05, 4.69) is 9.71 Å². The first-order chi connectivity index (χ1) is 12.6. The highest BCUT2D eigenvalue weighted by Gasteiger charge is 2.30. The summed E-state index contributed by atoms with van der Waals surface area (Å²) in [6, 6.07) is 6.36. The summed E-state index contributed by atoms with van der Waals surface area (Å²) >= 11 is 17.6. The molecule has 1 aliphatic rings. The van der Waals surface area contributed by atoms with Crippen molar-refractivity contribution in [2.75, 3.05) is 17.8 Å². The maximum Gasteiger partial charge on any atom is 0.264 e. The van der Waals surface area contributed by atoms with E-state index in [1.165, 1.54) is 34.6 Å². The van der Waals surface area contributed by atoms with Gasteiger partial charge in [-0.3, -0.25) is 4.72 Å². The molecular formula is C15H14Cl3N3O4S2. The topological polar surface area (TPSA) is 96.4 Å². The quantitative estimate of drug-likeness (QED) is 0.673. The first-order valence-electron chi connectivity index (χ1n) is 7.76. The monoisotopic (exact) mass is 469 g/mol. The van der Waals surface area contributed by atoms with E-state index in [-0.39, 0.29) is 30.8 Å². The molecule has 7 nitrogen and oxygen atoms in total. The molecule has 0 spiro atoms. The number of rotatable bonds is 5. The van der Waals surface area contributed by atoms with Crippen molar-refractivity contribution in [2.24, 2.45) is 0 Å².